The molecule has 192 valence electrons. The first kappa shape index (κ1) is 25.5. The highest BCUT2D eigenvalue weighted by atomic mass is 19.1. The minimum absolute atomic E-state index is 0.232. The molecule has 2 aromatic carbocycles. The Bertz CT molecular complexity index is 1580. The smallest absolute Gasteiger partial charge is 0.342 e. The van der Waals surface area contributed by atoms with Gasteiger partial charge in [0.15, 0.2) is 0 Å². The second kappa shape index (κ2) is 10.3. The molecule has 0 amide bonds. The van der Waals surface area contributed by atoms with Crippen LogP contribution in [0.15, 0.2) is 83.3 Å². The fraction of sp³-hybridized carbons (Fsp3) is 0.206. The van der Waals surface area contributed by atoms with Crippen molar-refractivity contribution in [2.24, 2.45) is 0 Å². The Morgan fingerprint density at radius 3 is 2.16 bits per heavy atom. The normalized spacial score (nSPS) is 11.3. The molecule has 4 heteroatoms. The zero-order valence-corrected chi connectivity index (χ0v) is 22.4. The van der Waals surface area contributed by atoms with Gasteiger partial charge in [-0.2, -0.15) is 0 Å². The second-order valence-electron chi connectivity index (χ2n) is 9.95. The first-order valence-corrected chi connectivity index (χ1v) is 13.0. The van der Waals surface area contributed by atoms with E-state index in [9.17, 15) is 9.18 Å². The quantitative estimate of drug-likeness (QED) is 0.215. The highest BCUT2D eigenvalue weighted by molar-refractivity contribution is 6.09. The number of furan rings is 1. The Labute approximate surface area is 223 Å². The molecule has 0 radical (unpaired) electrons. The van der Waals surface area contributed by atoms with E-state index in [-0.39, 0.29) is 12.4 Å². The van der Waals surface area contributed by atoms with E-state index in [1.807, 2.05) is 30.3 Å². The molecule has 3 nitrogen and oxygen atoms in total. The number of fused-ring (bicyclic) bond motifs is 1. The predicted octanol–water partition coefficient (Wildman–Crippen LogP) is 9.44. The van der Waals surface area contributed by atoms with Crippen molar-refractivity contribution in [2.45, 2.75) is 40.5 Å². The molecule has 0 spiro atoms. The minimum Gasteiger partial charge on any atom is -0.462 e. The summed E-state index contributed by atoms with van der Waals surface area (Å²) in [7, 11) is 0. The van der Waals surface area contributed by atoms with Gasteiger partial charge in [0.2, 0.25) is 0 Å². The van der Waals surface area contributed by atoms with E-state index in [1.165, 1.54) is 17.7 Å². The molecule has 38 heavy (non-hydrogen) atoms. The summed E-state index contributed by atoms with van der Waals surface area (Å²) in [5.74, 6) is 0.520. The molecular formula is C34H31FO3. The van der Waals surface area contributed by atoms with E-state index in [0.717, 1.165) is 33.4 Å². The van der Waals surface area contributed by atoms with Crippen molar-refractivity contribution in [3.63, 3.8) is 0 Å². The number of carbonyl (C=O) groups is 1. The van der Waals surface area contributed by atoms with Crippen LogP contribution in [0.4, 0.5) is 4.39 Å². The number of aryl methyl sites for hydroxylation is 2. The van der Waals surface area contributed by atoms with Gasteiger partial charge in [0.1, 0.15) is 22.9 Å². The highest BCUT2D eigenvalue weighted by Gasteiger charge is 2.32. The maximum absolute atomic E-state index is 13.9. The van der Waals surface area contributed by atoms with Crippen LogP contribution in [0, 0.1) is 19.7 Å². The molecule has 0 atom stereocenters. The molecule has 3 aromatic rings. The third-order valence-corrected chi connectivity index (χ3v) is 7.02. The Morgan fingerprint density at radius 2 is 1.50 bits per heavy atom. The maximum atomic E-state index is 13.9. The lowest BCUT2D eigenvalue weighted by atomic mass is 9.92. The molecule has 0 N–H and O–H groups in total. The summed E-state index contributed by atoms with van der Waals surface area (Å²) < 4.78 is 26.0. The first-order valence-electron chi connectivity index (χ1n) is 13.0. The van der Waals surface area contributed by atoms with Crippen LogP contribution in [-0.2, 0) is 4.74 Å². The van der Waals surface area contributed by atoms with E-state index in [0.29, 0.717) is 34.1 Å². The van der Waals surface area contributed by atoms with Gasteiger partial charge in [-0.25, -0.2) is 9.18 Å². The van der Waals surface area contributed by atoms with Crippen LogP contribution in [-0.4, -0.2) is 12.6 Å². The van der Waals surface area contributed by atoms with Gasteiger partial charge in [0.25, 0.3) is 0 Å². The molecule has 2 aliphatic carbocycles. The molecule has 0 bridgehead atoms. The average molecular weight is 507 g/mol. The first-order chi connectivity index (χ1) is 18.3. The third kappa shape index (κ3) is 4.51. The lowest BCUT2D eigenvalue weighted by Gasteiger charge is -2.10. The second-order valence-corrected chi connectivity index (χ2v) is 9.95. The van der Waals surface area contributed by atoms with E-state index < -0.39 is 5.97 Å². The van der Waals surface area contributed by atoms with Crippen LogP contribution in [0.2, 0.25) is 0 Å². The molecule has 0 unspecified atom stereocenters. The minimum atomic E-state index is -0.453. The molecule has 0 saturated carbocycles. The van der Waals surface area contributed by atoms with Crippen molar-refractivity contribution >= 4 is 5.97 Å². The highest BCUT2D eigenvalue weighted by Crippen LogP contribution is 2.49. The van der Waals surface area contributed by atoms with Crippen LogP contribution >= 0.6 is 0 Å². The van der Waals surface area contributed by atoms with Crippen LogP contribution in [0.25, 0.3) is 44.9 Å². The maximum Gasteiger partial charge on any atom is 0.342 e. The van der Waals surface area contributed by atoms with Crippen LogP contribution in [0.3, 0.4) is 0 Å². The van der Waals surface area contributed by atoms with Crippen molar-refractivity contribution in [3.05, 3.63) is 107 Å². The SMILES string of the molecule is CCOC(=O)c1c(-c2ccccc2)oc(-c2ccc(F)cc2)c1-c1cc(C)c2cc(C(C)C)ccc(C)c1-2. The fourth-order valence-corrected chi connectivity index (χ4v) is 5.08. The zero-order chi connectivity index (χ0) is 27.0. The van der Waals surface area contributed by atoms with E-state index in [2.05, 4.69) is 52.0 Å². The van der Waals surface area contributed by atoms with Crippen LogP contribution in [0.1, 0.15) is 53.7 Å². The molecule has 2 aliphatic rings. The molecule has 1 aromatic heterocycles. The van der Waals surface area contributed by atoms with Crippen molar-refractivity contribution in [1.29, 1.82) is 0 Å². The van der Waals surface area contributed by atoms with Crippen LogP contribution < -0.4 is 0 Å². The molecular weight excluding hydrogens is 475 g/mol. The summed E-state index contributed by atoms with van der Waals surface area (Å²) in [6.45, 7) is 10.6. The number of benzene rings is 2. The van der Waals surface area contributed by atoms with Crippen molar-refractivity contribution < 1.29 is 18.3 Å². The summed E-state index contributed by atoms with van der Waals surface area (Å²) in [6, 6.07) is 24.4. The number of hydrogen-bond donors (Lipinski definition) is 0. The van der Waals surface area contributed by atoms with Gasteiger partial charge in [-0.15, -0.1) is 0 Å². The number of ether oxygens (including phenoxy) is 1. The molecule has 0 aliphatic heterocycles. The Kier molecular flexibility index (Phi) is 6.90. The molecule has 5 rings (SSSR count). The lowest BCUT2D eigenvalue weighted by molar-refractivity contribution is 0.0527. The van der Waals surface area contributed by atoms with Gasteiger partial charge in [-0.05, 0) is 84.3 Å². The number of carbonyl (C=O) groups excluding carboxylic acids is 1. The summed E-state index contributed by atoms with van der Waals surface area (Å²) in [4.78, 5) is 13.6. The standard InChI is InChI=1S/C34H31FO3/c1-6-37-34(36)31-30(28-18-22(5)27-19-25(20(2)3)13-12-21(4)29(27)28)32(24-14-16-26(35)17-15-24)38-33(31)23-10-8-7-9-11-23/h7-20H,6H2,1-5H3. The zero-order valence-electron chi connectivity index (χ0n) is 22.4. The van der Waals surface area contributed by atoms with E-state index in [1.54, 1.807) is 19.1 Å². The van der Waals surface area contributed by atoms with Crippen molar-refractivity contribution in [2.75, 3.05) is 6.61 Å². The molecule has 1 heterocycles. The fourth-order valence-electron chi connectivity index (χ4n) is 5.08. The number of esters is 1. The lowest BCUT2D eigenvalue weighted by Crippen LogP contribution is -2.06. The average Bonchev–Trinajstić information content (AvgIpc) is 3.39. The summed E-state index contributed by atoms with van der Waals surface area (Å²) in [5.41, 5.74) is 9.02. The Balaban J connectivity index is 1.90. The molecule has 0 fully saturated rings. The van der Waals surface area contributed by atoms with Gasteiger partial charge < -0.3 is 9.15 Å². The van der Waals surface area contributed by atoms with Crippen molar-refractivity contribution in [1.82, 2.24) is 0 Å². The number of hydrogen-bond acceptors (Lipinski definition) is 3. The van der Waals surface area contributed by atoms with Gasteiger partial charge in [0, 0.05) is 16.7 Å². The predicted molar refractivity (Wildman–Crippen MR) is 151 cm³/mol. The van der Waals surface area contributed by atoms with Crippen molar-refractivity contribution in [3.8, 4) is 44.9 Å². The monoisotopic (exact) mass is 506 g/mol. The Hall–Kier alpha value is -4.18. The summed E-state index contributed by atoms with van der Waals surface area (Å²) in [6.07, 6.45) is 0. The Morgan fingerprint density at radius 1 is 0.816 bits per heavy atom. The summed E-state index contributed by atoms with van der Waals surface area (Å²) in [5, 5.41) is 0. The van der Waals surface area contributed by atoms with Gasteiger partial charge in [-0.1, -0.05) is 68.4 Å². The van der Waals surface area contributed by atoms with Gasteiger partial charge >= 0.3 is 5.97 Å². The number of halogens is 1. The van der Waals surface area contributed by atoms with E-state index >= 15 is 0 Å². The van der Waals surface area contributed by atoms with Gasteiger partial charge in [0.05, 0.1) is 6.61 Å². The summed E-state index contributed by atoms with van der Waals surface area (Å²) >= 11 is 0. The topological polar surface area (TPSA) is 39.4 Å². The van der Waals surface area contributed by atoms with Gasteiger partial charge in [-0.3, -0.25) is 0 Å². The third-order valence-electron chi connectivity index (χ3n) is 7.02. The van der Waals surface area contributed by atoms with E-state index in [4.69, 9.17) is 9.15 Å². The largest absolute Gasteiger partial charge is 0.462 e. The molecule has 0 saturated heterocycles. The van der Waals surface area contributed by atoms with Crippen LogP contribution in [0.5, 0.6) is 0 Å². The number of rotatable bonds is 6.